The van der Waals surface area contributed by atoms with Gasteiger partial charge in [-0.15, -0.1) is 0 Å². The van der Waals surface area contributed by atoms with Crippen LogP contribution in [-0.2, 0) is 4.74 Å². The Bertz CT molecular complexity index is 442. The molecular formula is C13H13FO3. The summed E-state index contributed by atoms with van der Waals surface area (Å²) in [5.41, 5.74) is 0.450. The van der Waals surface area contributed by atoms with Crippen LogP contribution in [-0.4, -0.2) is 31.0 Å². The van der Waals surface area contributed by atoms with Crippen LogP contribution in [0, 0.1) is 17.7 Å². The Balaban J connectivity index is 2.19. The third-order valence-electron chi connectivity index (χ3n) is 2.43. The van der Waals surface area contributed by atoms with Gasteiger partial charge >= 0.3 is 0 Å². The summed E-state index contributed by atoms with van der Waals surface area (Å²) in [7, 11) is 0. The van der Waals surface area contributed by atoms with Gasteiger partial charge in [-0.2, -0.15) is 0 Å². The number of hydrogen-bond acceptors (Lipinski definition) is 3. The van der Waals surface area contributed by atoms with Gasteiger partial charge in [0.2, 0.25) is 0 Å². The summed E-state index contributed by atoms with van der Waals surface area (Å²) in [6.45, 7) is 0.969. The summed E-state index contributed by atoms with van der Waals surface area (Å²) in [6.07, 6.45) is 0.819. The summed E-state index contributed by atoms with van der Waals surface area (Å²) < 4.78 is 24.0. The minimum atomic E-state index is -0.373. The second kappa shape index (κ2) is 5.67. The maximum atomic E-state index is 13.1. The van der Waals surface area contributed by atoms with Gasteiger partial charge in [0.05, 0.1) is 18.8 Å². The van der Waals surface area contributed by atoms with Crippen molar-refractivity contribution in [1.82, 2.24) is 0 Å². The van der Waals surface area contributed by atoms with E-state index >= 15 is 0 Å². The molecule has 1 saturated heterocycles. The molecule has 1 aromatic carbocycles. The molecule has 1 aliphatic rings. The number of benzene rings is 1. The van der Waals surface area contributed by atoms with Gasteiger partial charge in [-0.05, 0) is 18.2 Å². The van der Waals surface area contributed by atoms with Crippen molar-refractivity contribution in [2.75, 3.05) is 19.8 Å². The normalized spacial score (nSPS) is 18.6. The molecule has 0 amide bonds. The van der Waals surface area contributed by atoms with E-state index in [1.54, 1.807) is 6.07 Å². The lowest BCUT2D eigenvalue weighted by atomic mass is 10.2. The van der Waals surface area contributed by atoms with E-state index in [9.17, 15) is 4.39 Å². The quantitative estimate of drug-likeness (QED) is 0.787. The molecule has 1 atom stereocenters. The van der Waals surface area contributed by atoms with Crippen LogP contribution in [0.15, 0.2) is 18.2 Å². The Kier molecular flexibility index (Phi) is 3.97. The van der Waals surface area contributed by atoms with Crippen LogP contribution in [0.1, 0.15) is 12.0 Å². The van der Waals surface area contributed by atoms with E-state index in [1.165, 1.54) is 12.1 Å². The zero-order valence-corrected chi connectivity index (χ0v) is 9.28. The molecule has 1 fully saturated rings. The van der Waals surface area contributed by atoms with Crippen LogP contribution in [0.3, 0.4) is 0 Å². The molecule has 0 saturated carbocycles. The first-order valence-corrected chi connectivity index (χ1v) is 5.43. The molecule has 2 rings (SSSR count). The first-order valence-electron chi connectivity index (χ1n) is 5.43. The molecule has 1 aliphatic heterocycles. The average molecular weight is 236 g/mol. The molecule has 90 valence electrons. The van der Waals surface area contributed by atoms with Gasteiger partial charge in [-0.25, -0.2) is 4.39 Å². The van der Waals surface area contributed by atoms with Crippen molar-refractivity contribution in [3.05, 3.63) is 29.6 Å². The standard InChI is InChI=1S/C13H13FO3/c14-11-3-4-13(10(8-11)2-1-6-15)17-12-5-7-16-9-12/h3-4,8,12,15H,5-7,9H2. The van der Waals surface area contributed by atoms with E-state index < -0.39 is 0 Å². The van der Waals surface area contributed by atoms with Crippen LogP contribution in [0.2, 0.25) is 0 Å². The summed E-state index contributed by atoms with van der Waals surface area (Å²) in [6, 6.07) is 4.18. The molecule has 3 nitrogen and oxygen atoms in total. The highest BCUT2D eigenvalue weighted by Crippen LogP contribution is 2.22. The van der Waals surface area contributed by atoms with Crippen LogP contribution in [0.25, 0.3) is 0 Å². The molecule has 1 heterocycles. The fraction of sp³-hybridized carbons (Fsp3) is 0.385. The Morgan fingerprint density at radius 1 is 1.53 bits per heavy atom. The first kappa shape index (κ1) is 11.9. The van der Waals surface area contributed by atoms with Crippen LogP contribution >= 0.6 is 0 Å². The number of hydrogen-bond donors (Lipinski definition) is 1. The van der Waals surface area contributed by atoms with Crippen molar-refractivity contribution >= 4 is 0 Å². The molecular weight excluding hydrogens is 223 g/mol. The monoisotopic (exact) mass is 236 g/mol. The van der Waals surface area contributed by atoms with Crippen molar-refractivity contribution in [2.45, 2.75) is 12.5 Å². The average Bonchev–Trinajstić information content (AvgIpc) is 2.82. The number of rotatable bonds is 2. The van der Waals surface area contributed by atoms with Crippen molar-refractivity contribution in [2.24, 2.45) is 0 Å². The third kappa shape index (κ3) is 3.19. The first-order chi connectivity index (χ1) is 8.29. The van der Waals surface area contributed by atoms with Crippen molar-refractivity contribution in [3.63, 3.8) is 0 Å². The maximum Gasteiger partial charge on any atom is 0.135 e. The SMILES string of the molecule is OCC#Cc1cc(F)ccc1OC1CCOC1. The Hall–Kier alpha value is -1.57. The predicted octanol–water partition coefficient (Wildman–Crippen LogP) is 1.34. The second-order valence-corrected chi connectivity index (χ2v) is 3.70. The zero-order valence-electron chi connectivity index (χ0n) is 9.28. The van der Waals surface area contributed by atoms with Gasteiger partial charge in [0, 0.05) is 6.42 Å². The van der Waals surface area contributed by atoms with Crippen molar-refractivity contribution in [1.29, 1.82) is 0 Å². The summed E-state index contributed by atoms with van der Waals surface area (Å²) in [5, 5.41) is 8.64. The lowest BCUT2D eigenvalue weighted by Crippen LogP contribution is -2.16. The van der Waals surface area contributed by atoms with Gasteiger partial charge in [0.25, 0.3) is 0 Å². The summed E-state index contributed by atoms with van der Waals surface area (Å²) in [4.78, 5) is 0. The van der Waals surface area contributed by atoms with E-state index in [4.69, 9.17) is 14.6 Å². The molecule has 17 heavy (non-hydrogen) atoms. The largest absolute Gasteiger partial charge is 0.487 e. The van der Waals surface area contributed by atoms with Gasteiger partial charge in [0.15, 0.2) is 0 Å². The van der Waals surface area contributed by atoms with E-state index in [1.807, 2.05) is 0 Å². The number of halogens is 1. The summed E-state index contributed by atoms with van der Waals surface area (Å²) in [5.74, 6) is 5.31. The molecule has 0 aliphatic carbocycles. The predicted molar refractivity (Wildman–Crippen MR) is 60.2 cm³/mol. The molecule has 0 bridgehead atoms. The fourth-order valence-electron chi connectivity index (χ4n) is 1.62. The van der Waals surface area contributed by atoms with Crippen molar-refractivity contribution in [3.8, 4) is 17.6 Å². The maximum absolute atomic E-state index is 13.1. The highest BCUT2D eigenvalue weighted by Gasteiger charge is 2.18. The minimum Gasteiger partial charge on any atom is -0.487 e. The number of ether oxygens (including phenoxy) is 2. The zero-order chi connectivity index (χ0) is 12.1. The van der Waals surface area contributed by atoms with Crippen molar-refractivity contribution < 1.29 is 19.0 Å². The fourth-order valence-corrected chi connectivity index (χ4v) is 1.62. The van der Waals surface area contributed by atoms with E-state index in [-0.39, 0.29) is 18.5 Å². The number of aliphatic hydroxyl groups is 1. The van der Waals surface area contributed by atoms with E-state index in [2.05, 4.69) is 11.8 Å². The summed E-state index contributed by atoms with van der Waals surface area (Å²) >= 11 is 0. The Morgan fingerprint density at radius 3 is 3.12 bits per heavy atom. The smallest absolute Gasteiger partial charge is 0.135 e. The molecule has 1 N–H and O–H groups in total. The number of aliphatic hydroxyl groups excluding tert-OH is 1. The topological polar surface area (TPSA) is 38.7 Å². The molecule has 0 radical (unpaired) electrons. The molecule has 0 spiro atoms. The molecule has 4 heteroatoms. The lowest BCUT2D eigenvalue weighted by molar-refractivity contribution is 0.141. The van der Waals surface area contributed by atoms with E-state index in [0.717, 1.165) is 6.42 Å². The Morgan fingerprint density at radius 2 is 2.41 bits per heavy atom. The van der Waals surface area contributed by atoms with Gasteiger partial charge < -0.3 is 14.6 Å². The highest BCUT2D eigenvalue weighted by atomic mass is 19.1. The minimum absolute atomic E-state index is 0.00450. The molecule has 0 aromatic heterocycles. The van der Waals surface area contributed by atoms with Gasteiger partial charge in [0.1, 0.15) is 24.3 Å². The van der Waals surface area contributed by atoms with Crippen LogP contribution in [0.5, 0.6) is 5.75 Å². The van der Waals surface area contributed by atoms with Crippen LogP contribution < -0.4 is 4.74 Å². The third-order valence-corrected chi connectivity index (χ3v) is 2.43. The highest BCUT2D eigenvalue weighted by molar-refractivity contribution is 5.46. The lowest BCUT2D eigenvalue weighted by Gasteiger charge is -2.13. The van der Waals surface area contributed by atoms with Gasteiger partial charge in [-0.1, -0.05) is 11.8 Å². The Labute approximate surface area is 99.2 Å². The molecule has 1 aromatic rings. The van der Waals surface area contributed by atoms with Crippen LogP contribution in [0.4, 0.5) is 4.39 Å². The van der Waals surface area contributed by atoms with E-state index in [0.29, 0.717) is 24.5 Å². The molecule has 1 unspecified atom stereocenters. The second-order valence-electron chi connectivity index (χ2n) is 3.70. The van der Waals surface area contributed by atoms with Gasteiger partial charge in [-0.3, -0.25) is 0 Å².